The number of hydrogen-bond donors (Lipinski definition) is 1. The van der Waals surface area contributed by atoms with Gasteiger partial charge in [-0.3, -0.25) is 9.97 Å². The van der Waals surface area contributed by atoms with Gasteiger partial charge in [0.2, 0.25) is 0 Å². The lowest BCUT2D eigenvalue weighted by molar-refractivity contribution is 1.17. The second-order valence-electron chi connectivity index (χ2n) is 1.33. The largest absolute Gasteiger partial charge is 0.323 e. The molecule has 0 spiro atoms. The summed E-state index contributed by atoms with van der Waals surface area (Å²) in [5, 5.41) is 3.14. The molecule has 0 saturated carbocycles. The van der Waals surface area contributed by atoms with E-state index in [0.29, 0.717) is 5.69 Å². The van der Waals surface area contributed by atoms with E-state index in [2.05, 4.69) is 15.1 Å². The van der Waals surface area contributed by atoms with Gasteiger partial charge < -0.3 is 5.84 Å². The Kier molecular flexibility index (Phi) is 1.36. The number of nitrogens with zero attached hydrogens (tertiary/aromatic N) is 3. The molecular weight excluding hydrogens is 116 g/mol. The second kappa shape index (κ2) is 2.76. The van der Waals surface area contributed by atoms with E-state index in [4.69, 9.17) is 7.21 Å². The van der Waals surface area contributed by atoms with Crippen LogP contribution in [0.4, 0.5) is 0 Å². The standard InChI is InChI=1S/C5H6N4/c6-9-4-5-3-7-1-2-8-5/h1-4H,6H2/i4D. The van der Waals surface area contributed by atoms with Crippen LogP contribution in [0.5, 0.6) is 0 Å². The molecule has 1 rings (SSSR count). The van der Waals surface area contributed by atoms with Crippen LogP contribution in [0.1, 0.15) is 7.06 Å². The van der Waals surface area contributed by atoms with Crippen LogP contribution >= 0.6 is 0 Å². The van der Waals surface area contributed by atoms with Crippen molar-refractivity contribution >= 4 is 6.19 Å². The van der Waals surface area contributed by atoms with Gasteiger partial charge in [0.1, 0.15) is 5.69 Å². The van der Waals surface area contributed by atoms with Crippen LogP contribution in [0, 0.1) is 0 Å². The van der Waals surface area contributed by atoms with Crippen LogP contribution < -0.4 is 5.84 Å². The molecule has 0 aliphatic carbocycles. The van der Waals surface area contributed by atoms with Crippen LogP contribution in [0.15, 0.2) is 23.7 Å². The zero-order chi connectivity index (χ0) is 7.40. The fraction of sp³-hybridized carbons (Fsp3) is 0. The van der Waals surface area contributed by atoms with Gasteiger partial charge in [-0.2, -0.15) is 5.10 Å². The van der Waals surface area contributed by atoms with E-state index in [1.54, 1.807) is 0 Å². The first-order valence-electron chi connectivity index (χ1n) is 2.85. The van der Waals surface area contributed by atoms with E-state index >= 15 is 0 Å². The number of hydrazone groups is 1. The summed E-state index contributed by atoms with van der Waals surface area (Å²) in [7, 11) is 0. The topological polar surface area (TPSA) is 64.2 Å². The van der Waals surface area contributed by atoms with Gasteiger partial charge in [-0.1, -0.05) is 0 Å². The average molecular weight is 123 g/mol. The lowest BCUT2D eigenvalue weighted by Crippen LogP contribution is -1.89. The molecule has 0 aliphatic rings. The van der Waals surface area contributed by atoms with Gasteiger partial charge in [0.25, 0.3) is 0 Å². The van der Waals surface area contributed by atoms with Crippen LogP contribution in [0.3, 0.4) is 0 Å². The molecule has 0 radical (unpaired) electrons. The Bertz CT molecular complexity index is 233. The van der Waals surface area contributed by atoms with E-state index in [9.17, 15) is 0 Å². The normalized spacial score (nSPS) is 12.9. The first kappa shape index (κ1) is 4.43. The fourth-order valence-corrected chi connectivity index (χ4v) is 0.423. The second-order valence-corrected chi connectivity index (χ2v) is 1.33. The highest BCUT2D eigenvalue weighted by Crippen LogP contribution is 1.81. The molecule has 0 fully saturated rings. The fourth-order valence-electron chi connectivity index (χ4n) is 0.423. The Morgan fingerprint density at radius 3 is 3.22 bits per heavy atom. The number of nitrogens with two attached hydrogens (primary N) is 1. The molecule has 0 amide bonds. The van der Waals surface area contributed by atoms with Crippen molar-refractivity contribution in [3.63, 3.8) is 0 Å². The number of aromatic nitrogens is 2. The molecule has 0 bridgehead atoms. The van der Waals surface area contributed by atoms with E-state index in [1.165, 1.54) is 18.6 Å². The first-order valence-corrected chi connectivity index (χ1v) is 2.35. The van der Waals surface area contributed by atoms with Crippen molar-refractivity contribution in [1.82, 2.24) is 9.97 Å². The predicted octanol–water partition coefficient (Wildman–Crippen LogP) is -0.231. The van der Waals surface area contributed by atoms with Gasteiger partial charge >= 0.3 is 0 Å². The van der Waals surface area contributed by atoms with Crippen molar-refractivity contribution in [3.05, 3.63) is 24.3 Å². The average Bonchev–Trinajstić information content (AvgIpc) is 2.05. The smallest absolute Gasteiger partial charge is 0.101 e. The molecule has 9 heavy (non-hydrogen) atoms. The Labute approximate surface area is 53.8 Å². The summed E-state index contributed by atoms with van der Waals surface area (Å²) in [5.41, 5.74) is 0.380. The molecule has 0 unspecified atom stereocenters. The minimum Gasteiger partial charge on any atom is -0.323 e. The monoisotopic (exact) mass is 123 g/mol. The Morgan fingerprint density at radius 2 is 2.67 bits per heavy atom. The molecule has 0 aromatic carbocycles. The van der Waals surface area contributed by atoms with Crippen molar-refractivity contribution in [3.8, 4) is 0 Å². The zero-order valence-corrected chi connectivity index (χ0v) is 4.65. The summed E-state index contributed by atoms with van der Waals surface area (Å²) >= 11 is 0. The molecule has 1 aromatic rings. The first-order chi connectivity index (χ1) is 4.84. The van der Waals surface area contributed by atoms with Gasteiger partial charge in [0, 0.05) is 12.4 Å². The Hall–Kier alpha value is -1.45. The van der Waals surface area contributed by atoms with E-state index in [-0.39, 0.29) is 6.19 Å². The Morgan fingerprint density at radius 1 is 1.78 bits per heavy atom. The predicted molar refractivity (Wildman–Crippen MR) is 33.8 cm³/mol. The summed E-state index contributed by atoms with van der Waals surface area (Å²) in [5.74, 6) is 4.84. The molecule has 0 aliphatic heterocycles. The lowest BCUT2D eigenvalue weighted by atomic mass is 10.5. The molecule has 46 valence electrons. The molecule has 0 atom stereocenters. The number of hydrogen-bond acceptors (Lipinski definition) is 4. The third-order valence-electron chi connectivity index (χ3n) is 0.742. The summed E-state index contributed by atoms with van der Waals surface area (Å²) in [6, 6.07) is 0. The van der Waals surface area contributed by atoms with E-state index < -0.39 is 0 Å². The highest BCUT2D eigenvalue weighted by Gasteiger charge is 1.82. The van der Waals surface area contributed by atoms with Crippen LogP contribution in [-0.2, 0) is 0 Å². The third-order valence-corrected chi connectivity index (χ3v) is 0.742. The van der Waals surface area contributed by atoms with Crippen molar-refractivity contribution in [1.29, 1.82) is 0 Å². The molecular formula is C5H6N4. The maximum atomic E-state index is 7.08. The molecule has 4 nitrogen and oxygen atoms in total. The lowest BCUT2D eigenvalue weighted by Gasteiger charge is -1.84. The van der Waals surface area contributed by atoms with Crippen molar-refractivity contribution in [2.45, 2.75) is 0 Å². The molecule has 1 aromatic heterocycles. The van der Waals surface area contributed by atoms with Gasteiger partial charge in [-0.25, -0.2) is 0 Å². The van der Waals surface area contributed by atoms with Crippen molar-refractivity contribution < 1.29 is 1.37 Å². The highest BCUT2D eigenvalue weighted by atomic mass is 15.1. The molecule has 1 heterocycles. The SMILES string of the molecule is [2H]C(=NN)c1cnccn1. The summed E-state index contributed by atoms with van der Waals surface area (Å²) < 4.78 is 7.08. The van der Waals surface area contributed by atoms with Crippen LogP contribution in [0.25, 0.3) is 0 Å². The van der Waals surface area contributed by atoms with Crippen LogP contribution in [-0.4, -0.2) is 16.2 Å². The van der Waals surface area contributed by atoms with Crippen molar-refractivity contribution in [2.24, 2.45) is 10.9 Å². The van der Waals surface area contributed by atoms with E-state index in [1.807, 2.05) is 0 Å². The quantitative estimate of drug-likeness (QED) is 0.318. The van der Waals surface area contributed by atoms with Gasteiger partial charge in [-0.15, -0.1) is 0 Å². The van der Waals surface area contributed by atoms with Gasteiger partial charge in [-0.05, 0) is 0 Å². The minimum atomic E-state index is -0.0619. The Balaban J connectivity index is 2.96. The zero-order valence-electron chi connectivity index (χ0n) is 5.65. The van der Waals surface area contributed by atoms with E-state index in [0.717, 1.165) is 0 Å². The molecule has 2 N–H and O–H groups in total. The van der Waals surface area contributed by atoms with Crippen molar-refractivity contribution in [2.75, 3.05) is 0 Å². The third kappa shape index (κ3) is 1.49. The maximum absolute atomic E-state index is 7.08. The maximum Gasteiger partial charge on any atom is 0.101 e. The van der Waals surface area contributed by atoms with Crippen LogP contribution in [0.2, 0.25) is 0 Å². The van der Waals surface area contributed by atoms with Gasteiger partial charge in [0.05, 0.1) is 13.8 Å². The molecule has 0 saturated heterocycles. The summed E-state index contributed by atoms with van der Waals surface area (Å²) in [4.78, 5) is 7.52. The highest BCUT2D eigenvalue weighted by molar-refractivity contribution is 5.75. The summed E-state index contributed by atoms with van der Waals surface area (Å²) in [6.45, 7) is 0. The van der Waals surface area contributed by atoms with Gasteiger partial charge in [0.15, 0.2) is 0 Å². The minimum absolute atomic E-state index is 0.0619. The number of rotatable bonds is 1. The molecule has 4 heteroatoms. The summed E-state index contributed by atoms with van der Waals surface area (Å²) in [6.07, 6.45) is 4.37.